The van der Waals surface area contributed by atoms with Crippen LogP contribution in [0.4, 0.5) is 5.69 Å². The Balaban J connectivity index is 1.74. The molecule has 3 unspecified atom stereocenters. The van der Waals surface area contributed by atoms with Crippen LogP contribution in [-0.2, 0) is 9.53 Å². The number of fused-ring (bicyclic) bond motifs is 1. The summed E-state index contributed by atoms with van der Waals surface area (Å²) in [7, 11) is 0. The monoisotopic (exact) mass is 421 g/mol. The summed E-state index contributed by atoms with van der Waals surface area (Å²) in [5.74, 6) is 0.170. The molecule has 0 bridgehead atoms. The molecule has 8 nitrogen and oxygen atoms in total. The number of hydrogen-bond donors (Lipinski definition) is 1. The van der Waals surface area contributed by atoms with Crippen LogP contribution in [0.1, 0.15) is 42.5 Å². The van der Waals surface area contributed by atoms with E-state index in [1.807, 2.05) is 11.2 Å². The zero-order valence-corrected chi connectivity index (χ0v) is 17.4. The number of benzene rings is 1. The fourth-order valence-corrected chi connectivity index (χ4v) is 4.54. The maximum atomic E-state index is 13.3. The highest BCUT2D eigenvalue weighted by molar-refractivity contribution is 7.98. The zero-order valence-electron chi connectivity index (χ0n) is 16.5. The lowest BCUT2D eigenvalue weighted by Crippen LogP contribution is -2.59. The molecule has 158 valence electrons. The van der Waals surface area contributed by atoms with E-state index in [1.54, 1.807) is 11.8 Å². The summed E-state index contributed by atoms with van der Waals surface area (Å²) in [6.07, 6.45) is 6.61. The molecular formula is C20H27N3O5S. The van der Waals surface area contributed by atoms with E-state index in [4.69, 9.17) is 4.74 Å². The van der Waals surface area contributed by atoms with Gasteiger partial charge in [-0.2, -0.15) is 11.8 Å². The minimum absolute atomic E-state index is 0.0662. The van der Waals surface area contributed by atoms with E-state index in [-0.39, 0.29) is 29.3 Å². The molecule has 1 aromatic rings. The van der Waals surface area contributed by atoms with Gasteiger partial charge in [-0.25, -0.2) is 0 Å². The van der Waals surface area contributed by atoms with E-state index >= 15 is 0 Å². The second-order valence-corrected chi connectivity index (χ2v) is 8.39. The minimum atomic E-state index is -0.658. The molecule has 2 aliphatic rings. The van der Waals surface area contributed by atoms with Gasteiger partial charge in [-0.15, -0.1) is 0 Å². The third-order valence-electron chi connectivity index (χ3n) is 5.55. The molecule has 1 aromatic carbocycles. The Hall–Kier alpha value is -2.13. The van der Waals surface area contributed by atoms with Gasteiger partial charge < -0.3 is 15.0 Å². The lowest BCUT2D eigenvalue weighted by Gasteiger charge is -2.44. The quantitative estimate of drug-likeness (QED) is 0.536. The van der Waals surface area contributed by atoms with Gasteiger partial charge in [0.15, 0.2) is 0 Å². The summed E-state index contributed by atoms with van der Waals surface area (Å²) in [5, 5.41) is 13.8. The molecule has 2 amide bonds. The molecule has 1 N–H and O–H groups in total. The molecule has 2 fully saturated rings. The van der Waals surface area contributed by atoms with Crippen molar-refractivity contribution in [1.29, 1.82) is 0 Å². The minimum Gasteiger partial charge on any atom is -0.374 e. The average Bonchev–Trinajstić information content (AvgIpc) is 2.75. The van der Waals surface area contributed by atoms with Crippen LogP contribution in [0, 0.1) is 10.1 Å². The molecule has 1 heterocycles. The van der Waals surface area contributed by atoms with Crippen LogP contribution < -0.4 is 5.32 Å². The van der Waals surface area contributed by atoms with Crippen LogP contribution in [0.15, 0.2) is 24.3 Å². The van der Waals surface area contributed by atoms with Crippen molar-refractivity contribution in [3.8, 4) is 0 Å². The molecule has 9 heteroatoms. The summed E-state index contributed by atoms with van der Waals surface area (Å²) in [6, 6.07) is 4.97. The van der Waals surface area contributed by atoms with Crippen molar-refractivity contribution in [2.24, 2.45) is 0 Å². The number of nitro benzene ring substituents is 1. The van der Waals surface area contributed by atoms with Crippen molar-refractivity contribution >= 4 is 29.3 Å². The third kappa shape index (κ3) is 5.27. The van der Waals surface area contributed by atoms with Crippen LogP contribution in [0.2, 0.25) is 0 Å². The first-order chi connectivity index (χ1) is 14.0. The lowest BCUT2D eigenvalue weighted by atomic mass is 9.89. The molecule has 3 atom stereocenters. The van der Waals surface area contributed by atoms with Gasteiger partial charge in [-0.05, 0) is 37.3 Å². The van der Waals surface area contributed by atoms with Crippen molar-refractivity contribution in [2.75, 3.05) is 25.2 Å². The summed E-state index contributed by atoms with van der Waals surface area (Å²) in [5.41, 5.74) is 0.0292. The Morgan fingerprint density at radius 2 is 2.17 bits per heavy atom. The predicted molar refractivity (Wildman–Crippen MR) is 111 cm³/mol. The van der Waals surface area contributed by atoms with E-state index in [2.05, 4.69) is 5.32 Å². The van der Waals surface area contributed by atoms with E-state index in [0.29, 0.717) is 19.6 Å². The molecule has 1 aliphatic carbocycles. The number of thioether (sulfide) groups is 1. The maximum absolute atomic E-state index is 13.3. The van der Waals surface area contributed by atoms with Crippen molar-refractivity contribution in [3.63, 3.8) is 0 Å². The van der Waals surface area contributed by atoms with Gasteiger partial charge in [0.05, 0.1) is 23.7 Å². The van der Waals surface area contributed by atoms with Crippen LogP contribution in [0.5, 0.6) is 0 Å². The molecule has 1 saturated carbocycles. The van der Waals surface area contributed by atoms with Gasteiger partial charge in [-0.1, -0.05) is 18.9 Å². The largest absolute Gasteiger partial charge is 0.374 e. The summed E-state index contributed by atoms with van der Waals surface area (Å²) in [6.45, 7) is 1.05. The Labute approximate surface area is 174 Å². The number of rotatable bonds is 7. The molecule has 1 saturated heterocycles. The number of hydrogen-bond acceptors (Lipinski definition) is 6. The molecule has 3 rings (SSSR count). The second-order valence-electron chi connectivity index (χ2n) is 7.41. The van der Waals surface area contributed by atoms with Crippen LogP contribution in [0.25, 0.3) is 0 Å². The second kappa shape index (κ2) is 10.1. The molecule has 0 radical (unpaired) electrons. The van der Waals surface area contributed by atoms with Crippen LogP contribution in [0.3, 0.4) is 0 Å². The number of non-ortho nitro benzene ring substituents is 1. The van der Waals surface area contributed by atoms with Gasteiger partial charge in [0.25, 0.3) is 11.6 Å². The van der Waals surface area contributed by atoms with Crippen molar-refractivity contribution in [2.45, 2.75) is 50.3 Å². The van der Waals surface area contributed by atoms with Gasteiger partial charge in [0.1, 0.15) is 6.04 Å². The standard InChI is InChI=1S/C20H27N3O5S/c1-29-12-9-16(21-19(24)14-5-4-6-15(13-14)23(26)27)20(25)22-10-11-28-18-8-3-2-7-17(18)22/h4-6,13,16-18H,2-3,7-12H2,1H3,(H,21,24). The number of nitrogens with zero attached hydrogens (tertiary/aromatic N) is 2. The van der Waals surface area contributed by atoms with Crippen LogP contribution >= 0.6 is 11.8 Å². The Kier molecular flexibility index (Phi) is 7.49. The summed E-state index contributed by atoms with van der Waals surface area (Å²) < 4.78 is 5.86. The van der Waals surface area contributed by atoms with Crippen molar-refractivity contribution in [1.82, 2.24) is 10.2 Å². The predicted octanol–water partition coefficient (Wildman–Crippen LogP) is 2.62. The van der Waals surface area contributed by atoms with E-state index < -0.39 is 16.9 Å². The normalized spacial score (nSPS) is 22.4. The summed E-state index contributed by atoms with van der Waals surface area (Å²) >= 11 is 1.61. The first-order valence-corrected chi connectivity index (χ1v) is 11.4. The number of carbonyl (C=O) groups is 2. The number of amides is 2. The molecule has 0 spiro atoms. The number of carbonyl (C=O) groups excluding carboxylic acids is 2. The number of nitrogens with one attached hydrogen (secondary N) is 1. The lowest BCUT2D eigenvalue weighted by molar-refractivity contribution is -0.384. The highest BCUT2D eigenvalue weighted by Crippen LogP contribution is 2.29. The van der Waals surface area contributed by atoms with Crippen LogP contribution in [-0.4, -0.2) is 65.0 Å². The Morgan fingerprint density at radius 3 is 2.93 bits per heavy atom. The van der Waals surface area contributed by atoms with E-state index in [1.165, 1.54) is 24.3 Å². The molecular weight excluding hydrogens is 394 g/mol. The first kappa shape index (κ1) is 21.6. The molecule has 0 aromatic heterocycles. The highest BCUT2D eigenvalue weighted by atomic mass is 32.2. The van der Waals surface area contributed by atoms with Crippen molar-refractivity contribution in [3.05, 3.63) is 39.9 Å². The zero-order chi connectivity index (χ0) is 20.8. The summed E-state index contributed by atoms with van der Waals surface area (Å²) in [4.78, 5) is 38.4. The fraction of sp³-hybridized carbons (Fsp3) is 0.600. The first-order valence-electron chi connectivity index (χ1n) is 9.97. The van der Waals surface area contributed by atoms with Gasteiger partial charge >= 0.3 is 0 Å². The Bertz CT molecular complexity index is 757. The third-order valence-corrected chi connectivity index (χ3v) is 6.19. The van der Waals surface area contributed by atoms with E-state index in [9.17, 15) is 19.7 Å². The average molecular weight is 422 g/mol. The maximum Gasteiger partial charge on any atom is 0.270 e. The SMILES string of the molecule is CSCCC(NC(=O)c1cccc([N+](=O)[O-])c1)C(=O)N1CCOC2CCCCC21. The van der Waals surface area contributed by atoms with Gasteiger partial charge in [-0.3, -0.25) is 19.7 Å². The molecule has 1 aliphatic heterocycles. The van der Waals surface area contributed by atoms with Crippen molar-refractivity contribution < 1.29 is 19.2 Å². The fourth-order valence-electron chi connectivity index (χ4n) is 4.07. The Morgan fingerprint density at radius 1 is 1.38 bits per heavy atom. The molecule has 29 heavy (non-hydrogen) atoms. The smallest absolute Gasteiger partial charge is 0.270 e. The highest BCUT2D eigenvalue weighted by Gasteiger charge is 2.39. The van der Waals surface area contributed by atoms with E-state index in [0.717, 1.165) is 31.4 Å². The number of nitro groups is 1. The van der Waals surface area contributed by atoms with Gasteiger partial charge in [0.2, 0.25) is 5.91 Å². The topological polar surface area (TPSA) is 102 Å². The van der Waals surface area contributed by atoms with Gasteiger partial charge in [0, 0.05) is 24.2 Å². The number of ether oxygens (including phenoxy) is 1. The number of morpholine rings is 1.